The molecule has 0 amide bonds. The predicted molar refractivity (Wildman–Crippen MR) is 72.0 cm³/mol. The summed E-state index contributed by atoms with van der Waals surface area (Å²) in [5.41, 5.74) is 2.51. The number of aromatic nitrogens is 1. The molecule has 0 bridgehead atoms. The maximum absolute atomic E-state index is 3.23. The molecule has 2 aromatic rings. The van der Waals surface area contributed by atoms with E-state index in [4.69, 9.17) is 0 Å². The van der Waals surface area contributed by atoms with Gasteiger partial charge in [-0.3, -0.25) is 0 Å². The lowest BCUT2D eigenvalue weighted by atomic mass is 10.1. The Morgan fingerprint density at radius 2 is 2.00 bits per heavy atom. The number of H-pyrrole nitrogens is 1. The molecule has 91 valence electrons. The van der Waals surface area contributed by atoms with E-state index in [2.05, 4.69) is 54.1 Å². The number of nitrogens with one attached hydrogen (secondary N) is 1. The number of benzene rings is 1. The summed E-state index contributed by atoms with van der Waals surface area (Å²) in [6, 6.07) is 9.41. The molecule has 0 spiro atoms. The molecule has 17 heavy (non-hydrogen) atoms. The van der Waals surface area contributed by atoms with E-state index in [1.807, 2.05) is 12.3 Å². The third-order valence-electron chi connectivity index (χ3n) is 2.98. The van der Waals surface area contributed by atoms with Crippen LogP contribution in [0.2, 0.25) is 0 Å². The minimum atomic E-state index is 0.972. The second kappa shape index (κ2) is 5.34. The van der Waals surface area contributed by atoms with Gasteiger partial charge >= 0.3 is 0 Å². The molecule has 1 N–H and O–H groups in total. The fraction of sp³-hybridized carbons (Fsp3) is 0.429. The number of aromatic amines is 1. The first-order valence-corrected chi connectivity index (χ1v) is 5.96. The molecule has 1 aromatic heterocycles. The van der Waals surface area contributed by atoms with Crippen molar-refractivity contribution >= 4 is 10.9 Å². The highest BCUT2D eigenvalue weighted by Gasteiger charge is 2.05. The van der Waals surface area contributed by atoms with Gasteiger partial charge in [0, 0.05) is 36.7 Å². The van der Waals surface area contributed by atoms with Gasteiger partial charge in [-0.05, 0) is 51.0 Å². The van der Waals surface area contributed by atoms with Gasteiger partial charge in [-0.15, -0.1) is 0 Å². The summed E-state index contributed by atoms with van der Waals surface area (Å²) in [6.07, 6.45) is 1.99. The van der Waals surface area contributed by atoms with Crippen molar-refractivity contribution in [2.45, 2.75) is 6.54 Å². The lowest BCUT2D eigenvalue weighted by Gasteiger charge is -2.19. The number of hydrogen-bond donors (Lipinski definition) is 1. The SMILES string of the molecule is CN(C)CCN(C)Cc1c[c]cc2[nH]ccc12. The number of fused-ring (bicyclic) bond motifs is 1. The van der Waals surface area contributed by atoms with E-state index in [0.29, 0.717) is 0 Å². The van der Waals surface area contributed by atoms with E-state index in [0.717, 1.165) is 19.6 Å². The van der Waals surface area contributed by atoms with Crippen molar-refractivity contribution in [3.8, 4) is 0 Å². The zero-order valence-corrected chi connectivity index (χ0v) is 10.8. The van der Waals surface area contributed by atoms with Crippen LogP contribution in [-0.2, 0) is 6.54 Å². The summed E-state index contributed by atoms with van der Waals surface area (Å²) in [5, 5.41) is 1.31. The predicted octanol–water partition coefficient (Wildman–Crippen LogP) is 1.96. The van der Waals surface area contributed by atoms with Gasteiger partial charge in [0.15, 0.2) is 0 Å². The Morgan fingerprint density at radius 1 is 1.18 bits per heavy atom. The van der Waals surface area contributed by atoms with Crippen molar-refractivity contribution in [2.75, 3.05) is 34.2 Å². The molecule has 0 fully saturated rings. The maximum atomic E-state index is 3.23. The summed E-state index contributed by atoms with van der Waals surface area (Å²) in [4.78, 5) is 7.78. The fourth-order valence-corrected chi connectivity index (χ4v) is 1.96. The molecule has 0 atom stereocenters. The molecule has 3 nitrogen and oxygen atoms in total. The van der Waals surface area contributed by atoms with E-state index in [1.165, 1.54) is 16.5 Å². The average molecular weight is 230 g/mol. The molecule has 0 aliphatic heterocycles. The van der Waals surface area contributed by atoms with Crippen molar-refractivity contribution in [3.05, 3.63) is 36.0 Å². The molecule has 0 unspecified atom stereocenters. The van der Waals surface area contributed by atoms with Crippen LogP contribution >= 0.6 is 0 Å². The van der Waals surface area contributed by atoms with E-state index < -0.39 is 0 Å². The lowest BCUT2D eigenvalue weighted by Crippen LogP contribution is -2.28. The average Bonchev–Trinajstić information content (AvgIpc) is 2.75. The Hall–Kier alpha value is -1.32. The van der Waals surface area contributed by atoms with Crippen LogP contribution in [0.4, 0.5) is 0 Å². The largest absolute Gasteiger partial charge is 0.361 e. The van der Waals surface area contributed by atoms with Gasteiger partial charge in [-0.25, -0.2) is 0 Å². The normalized spacial score (nSPS) is 11.8. The number of hydrogen-bond acceptors (Lipinski definition) is 2. The molecule has 0 saturated heterocycles. The molecule has 0 saturated carbocycles. The molecule has 3 heteroatoms. The van der Waals surface area contributed by atoms with E-state index in [9.17, 15) is 0 Å². The Labute approximate surface area is 103 Å². The minimum Gasteiger partial charge on any atom is -0.361 e. The van der Waals surface area contributed by atoms with Gasteiger partial charge in [-0.1, -0.05) is 0 Å². The first kappa shape index (κ1) is 12.1. The third-order valence-corrected chi connectivity index (χ3v) is 2.98. The van der Waals surface area contributed by atoms with Crippen LogP contribution < -0.4 is 0 Å². The molecular weight excluding hydrogens is 210 g/mol. The summed E-state index contributed by atoms with van der Waals surface area (Å²) < 4.78 is 0. The first-order chi connectivity index (χ1) is 8.16. The van der Waals surface area contributed by atoms with Gasteiger partial charge in [0.2, 0.25) is 0 Å². The van der Waals surface area contributed by atoms with Crippen LogP contribution in [0, 0.1) is 6.07 Å². The number of rotatable bonds is 5. The summed E-state index contributed by atoms with van der Waals surface area (Å²) in [7, 11) is 6.37. The van der Waals surface area contributed by atoms with Crippen LogP contribution in [0.3, 0.4) is 0 Å². The highest BCUT2D eigenvalue weighted by atomic mass is 15.1. The molecule has 2 rings (SSSR count). The number of likely N-dealkylation sites (N-methyl/N-ethyl adjacent to an activating group) is 2. The summed E-state index contributed by atoms with van der Waals surface area (Å²) >= 11 is 0. The quantitative estimate of drug-likeness (QED) is 0.848. The maximum Gasteiger partial charge on any atom is 0.0463 e. The van der Waals surface area contributed by atoms with E-state index >= 15 is 0 Å². The lowest BCUT2D eigenvalue weighted by molar-refractivity contribution is 0.277. The second-order valence-electron chi connectivity index (χ2n) is 4.83. The van der Waals surface area contributed by atoms with Gasteiger partial charge in [-0.2, -0.15) is 0 Å². The number of nitrogens with zero attached hydrogens (tertiary/aromatic N) is 2. The summed E-state index contributed by atoms with van der Waals surface area (Å²) in [5.74, 6) is 0. The van der Waals surface area contributed by atoms with Crippen molar-refractivity contribution in [3.63, 3.8) is 0 Å². The zero-order chi connectivity index (χ0) is 12.3. The monoisotopic (exact) mass is 230 g/mol. The van der Waals surface area contributed by atoms with Gasteiger partial charge < -0.3 is 14.8 Å². The zero-order valence-electron chi connectivity index (χ0n) is 10.8. The van der Waals surface area contributed by atoms with Gasteiger partial charge in [0.25, 0.3) is 0 Å². The van der Waals surface area contributed by atoms with Crippen molar-refractivity contribution < 1.29 is 0 Å². The van der Waals surface area contributed by atoms with Gasteiger partial charge in [0.1, 0.15) is 0 Å². The fourth-order valence-electron chi connectivity index (χ4n) is 1.96. The standard InChI is InChI=1S/C14H20N3/c1-16(2)9-10-17(3)11-12-5-4-6-14-13(12)7-8-15-14/h5-8,15H,9-11H2,1-3H3. The summed E-state index contributed by atoms with van der Waals surface area (Å²) in [6.45, 7) is 3.14. The third kappa shape index (κ3) is 3.08. The molecule has 0 aliphatic carbocycles. The Balaban J connectivity index is 2.05. The first-order valence-electron chi connectivity index (χ1n) is 5.96. The molecule has 1 radical (unpaired) electrons. The van der Waals surface area contributed by atoms with Crippen molar-refractivity contribution in [1.29, 1.82) is 0 Å². The highest BCUT2D eigenvalue weighted by molar-refractivity contribution is 5.82. The molecule has 0 aliphatic rings. The minimum absolute atomic E-state index is 0.972. The van der Waals surface area contributed by atoms with Crippen LogP contribution in [0.5, 0.6) is 0 Å². The Kier molecular flexibility index (Phi) is 3.82. The van der Waals surface area contributed by atoms with Crippen molar-refractivity contribution in [2.24, 2.45) is 0 Å². The van der Waals surface area contributed by atoms with Crippen LogP contribution in [-0.4, -0.2) is 49.0 Å². The van der Waals surface area contributed by atoms with Gasteiger partial charge in [0.05, 0.1) is 0 Å². The van der Waals surface area contributed by atoms with Crippen molar-refractivity contribution in [1.82, 2.24) is 14.8 Å². The second-order valence-corrected chi connectivity index (χ2v) is 4.83. The van der Waals surface area contributed by atoms with Crippen LogP contribution in [0.15, 0.2) is 24.4 Å². The highest BCUT2D eigenvalue weighted by Crippen LogP contribution is 2.18. The molecule has 1 aromatic carbocycles. The Morgan fingerprint density at radius 3 is 2.76 bits per heavy atom. The smallest absolute Gasteiger partial charge is 0.0463 e. The molecular formula is C14H20N3. The van der Waals surface area contributed by atoms with Crippen LogP contribution in [0.25, 0.3) is 10.9 Å². The topological polar surface area (TPSA) is 22.3 Å². The van der Waals surface area contributed by atoms with E-state index in [1.54, 1.807) is 0 Å². The van der Waals surface area contributed by atoms with Crippen LogP contribution in [0.1, 0.15) is 5.56 Å². The molecule has 1 heterocycles. The Bertz CT molecular complexity index is 473. The van der Waals surface area contributed by atoms with E-state index in [-0.39, 0.29) is 0 Å².